The number of rotatable bonds is 1. The molecule has 0 spiro atoms. The van der Waals surface area contributed by atoms with Gasteiger partial charge in [0.15, 0.2) is 0 Å². The van der Waals surface area contributed by atoms with Crippen molar-refractivity contribution in [3.05, 3.63) is 50.4 Å². The van der Waals surface area contributed by atoms with Gasteiger partial charge >= 0.3 is 0 Å². The van der Waals surface area contributed by atoms with Crippen molar-refractivity contribution >= 4 is 46.4 Å². The standard InChI is InChI=1S/C12H6Cl4O/c13-9-5-7(17)1-2-8(9)6-3-10(14)12(16)11(15)4-6/h1-5,17H. The first-order valence-electron chi connectivity index (χ1n) is 4.62. The topological polar surface area (TPSA) is 20.2 Å². The number of aromatic hydroxyl groups is 1. The fourth-order valence-corrected chi connectivity index (χ4v) is 2.33. The fourth-order valence-electron chi connectivity index (χ4n) is 1.45. The molecule has 0 aliphatic heterocycles. The van der Waals surface area contributed by atoms with E-state index in [9.17, 15) is 5.11 Å². The molecule has 2 rings (SSSR count). The van der Waals surface area contributed by atoms with Gasteiger partial charge in [-0.05, 0) is 35.9 Å². The van der Waals surface area contributed by atoms with E-state index in [1.54, 1.807) is 18.2 Å². The van der Waals surface area contributed by atoms with Gasteiger partial charge < -0.3 is 5.11 Å². The molecule has 5 heteroatoms. The summed E-state index contributed by atoms with van der Waals surface area (Å²) in [5, 5.41) is 10.7. The van der Waals surface area contributed by atoms with Crippen LogP contribution in [0.3, 0.4) is 0 Å². The van der Waals surface area contributed by atoms with Gasteiger partial charge in [-0.15, -0.1) is 0 Å². The molecule has 2 aromatic rings. The normalized spacial score (nSPS) is 10.6. The first-order valence-corrected chi connectivity index (χ1v) is 6.13. The number of benzene rings is 2. The summed E-state index contributed by atoms with van der Waals surface area (Å²) in [5.74, 6) is 0.102. The van der Waals surface area contributed by atoms with Crippen LogP contribution in [-0.4, -0.2) is 5.11 Å². The molecule has 0 aliphatic rings. The second kappa shape index (κ2) is 4.95. The molecule has 0 amide bonds. The maximum atomic E-state index is 9.28. The summed E-state index contributed by atoms with van der Waals surface area (Å²) in [4.78, 5) is 0. The average Bonchev–Trinajstić information content (AvgIpc) is 2.25. The third-order valence-corrected chi connectivity index (χ3v) is 3.76. The average molecular weight is 308 g/mol. The molecule has 1 N–H and O–H groups in total. The molecule has 0 fully saturated rings. The molecule has 0 atom stereocenters. The lowest BCUT2D eigenvalue weighted by Crippen LogP contribution is -1.82. The predicted octanol–water partition coefficient (Wildman–Crippen LogP) is 5.67. The van der Waals surface area contributed by atoms with Crippen LogP contribution in [0.4, 0.5) is 0 Å². The molecule has 0 aromatic heterocycles. The molecule has 0 heterocycles. The second-order valence-corrected chi connectivity index (χ2v) is 5.02. The Balaban J connectivity index is 2.61. The Bertz CT molecular complexity index is 558. The quantitative estimate of drug-likeness (QED) is 0.673. The van der Waals surface area contributed by atoms with Crippen molar-refractivity contribution in [2.45, 2.75) is 0 Å². The molecule has 0 saturated heterocycles. The molecule has 0 bridgehead atoms. The summed E-state index contributed by atoms with van der Waals surface area (Å²) in [5.41, 5.74) is 1.47. The van der Waals surface area contributed by atoms with Crippen LogP contribution in [-0.2, 0) is 0 Å². The molecule has 0 radical (unpaired) electrons. The molecule has 17 heavy (non-hydrogen) atoms. The molecule has 1 nitrogen and oxygen atoms in total. The minimum absolute atomic E-state index is 0.102. The Hall–Kier alpha value is -0.600. The zero-order chi connectivity index (χ0) is 12.6. The number of phenolic OH excluding ortho intramolecular Hbond substituents is 1. The summed E-state index contributed by atoms with van der Waals surface area (Å²) in [6.45, 7) is 0. The van der Waals surface area contributed by atoms with Gasteiger partial charge in [-0.2, -0.15) is 0 Å². The zero-order valence-corrected chi connectivity index (χ0v) is 11.4. The molecule has 0 unspecified atom stereocenters. The van der Waals surface area contributed by atoms with Crippen LogP contribution < -0.4 is 0 Å². The van der Waals surface area contributed by atoms with E-state index in [4.69, 9.17) is 46.4 Å². The molecule has 0 aliphatic carbocycles. The van der Waals surface area contributed by atoms with Crippen LogP contribution in [0.25, 0.3) is 11.1 Å². The minimum Gasteiger partial charge on any atom is -0.508 e. The second-order valence-electron chi connectivity index (χ2n) is 3.42. The van der Waals surface area contributed by atoms with Crippen LogP contribution >= 0.6 is 46.4 Å². The van der Waals surface area contributed by atoms with Crippen molar-refractivity contribution in [1.82, 2.24) is 0 Å². The van der Waals surface area contributed by atoms with Crippen molar-refractivity contribution < 1.29 is 5.11 Å². The van der Waals surface area contributed by atoms with Crippen molar-refractivity contribution in [3.8, 4) is 16.9 Å². The number of hydrogen-bond acceptors (Lipinski definition) is 1. The van der Waals surface area contributed by atoms with E-state index in [0.29, 0.717) is 20.1 Å². The first-order chi connectivity index (χ1) is 7.99. The lowest BCUT2D eigenvalue weighted by molar-refractivity contribution is 0.475. The predicted molar refractivity (Wildman–Crippen MR) is 73.6 cm³/mol. The van der Waals surface area contributed by atoms with Crippen molar-refractivity contribution in [3.63, 3.8) is 0 Å². The van der Waals surface area contributed by atoms with E-state index >= 15 is 0 Å². The monoisotopic (exact) mass is 306 g/mol. The van der Waals surface area contributed by atoms with Crippen LogP contribution in [0.2, 0.25) is 20.1 Å². The maximum absolute atomic E-state index is 9.28. The van der Waals surface area contributed by atoms with Gasteiger partial charge in [0.2, 0.25) is 0 Å². The number of phenols is 1. The van der Waals surface area contributed by atoms with Gasteiger partial charge in [-0.1, -0.05) is 46.4 Å². The van der Waals surface area contributed by atoms with E-state index in [1.165, 1.54) is 12.1 Å². The molecule has 0 saturated carbocycles. The number of hydrogen-bond donors (Lipinski definition) is 1. The molecule has 88 valence electrons. The third kappa shape index (κ3) is 2.63. The van der Waals surface area contributed by atoms with Crippen LogP contribution in [0.1, 0.15) is 0 Å². The lowest BCUT2D eigenvalue weighted by Gasteiger charge is -2.08. The van der Waals surface area contributed by atoms with Gasteiger partial charge in [0, 0.05) is 5.56 Å². The smallest absolute Gasteiger partial charge is 0.117 e. The van der Waals surface area contributed by atoms with E-state index in [-0.39, 0.29) is 5.75 Å². The largest absolute Gasteiger partial charge is 0.508 e. The van der Waals surface area contributed by atoms with Crippen molar-refractivity contribution in [2.75, 3.05) is 0 Å². The van der Waals surface area contributed by atoms with Crippen LogP contribution in [0.5, 0.6) is 5.75 Å². The molecule has 2 aromatic carbocycles. The molecular formula is C12H6Cl4O. The highest BCUT2D eigenvalue weighted by Crippen LogP contribution is 2.38. The Kier molecular flexibility index (Phi) is 3.74. The van der Waals surface area contributed by atoms with Gasteiger partial charge in [-0.3, -0.25) is 0 Å². The lowest BCUT2D eigenvalue weighted by atomic mass is 10.1. The van der Waals surface area contributed by atoms with Crippen LogP contribution in [0, 0.1) is 0 Å². The van der Waals surface area contributed by atoms with E-state index in [1.807, 2.05) is 0 Å². The van der Waals surface area contributed by atoms with Gasteiger partial charge in [0.1, 0.15) is 5.75 Å². The highest BCUT2D eigenvalue weighted by molar-refractivity contribution is 6.48. The first kappa shape index (κ1) is 12.8. The van der Waals surface area contributed by atoms with E-state index < -0.39 is 0 Å². The summed E-state index contributed by atoms with van der Waals surface area (Å²) in [7, 11) is 0. The maximum Gasteiger partial charge on any atom is 0.117 e. The highest BCUT2D eigenvalue weighted by Gasteiger charge is 2.10. The van der Waals surface area contributed by atoms with Gasteiger partial charge in [-0.25, -0.2) is 0 Å². The van der Waals surface area contributed by atoms with Crippen molar-refractivity contribution in [1.29, 1.82) is 0 Å². The highest BCUT2D eigenvalue weighted by atomic mass is 35.5. The minimum atomic E-state index is 0.102. The Morgan fingerprint density at radius 1 is 0.765 bits per heavy atom. The Morgan fingerprint density at radius 2 is 1.35 bits per heavy atom. The van der Waals surface area contributed by atoms with Crippen molar-refractivity contribution in [2.24, 2.45) is 0 Å². The van der Waals surface area contributed by atoms with Gasteiger partial charge in [0.25, 0.3) is 0 Å². The summed E-state index contributed by atoms with van der Waals surface area (Å²) >= 11 is 23.8. The molecular weight excluding hydrogens is 302 g/mol. The summed E-state index contributed by atoms with van der Waals surface area (Å²) in [6.07, 6.45) is 0. The SMILES string of the molecule is Oc1ccc(-c2cc(Cl)c(Cl)c(Cl)c2)c(Cl)c1. The Morgan fingerprint density at radius 3 is 1.88 bits per heavy atom. The Labute approximate surface area is 118 Å². The third-order valence-electron chi connectivity index (χ3n) is 2.25. The fraction of sp³-hybridized carbons (Fsp3) is 0. The zero-order valence-electron chi connectivity index (χ0n) is 8.35. The number of halogens is 4. The van der Waals surface area contributed by atoms with E-state index in [2.05, 4.69) is 0 Å². The summed E-state index contributed by atoms with van der Waals surface area (Å²) < 4.78 is 0. The summed E-state index contributed by atoms with van der Waals surface area (Å²) in [6, 6.07) is 8.03. The van der Waals surface area contributed by atoms with Crippen LogP contribution in [0.15, 0.2) is 30.3 Å². The van der Waals surface area contributed by atoms with Gasteiger partial charge in [0.05, 0.1) is 20.1 Å². The van der Waals surface area contributed by atoms with E-state index in [0.717, 1.165) is 11.1 Å².